The Morgan fingerprint density at radius 1 is 1.50 bits per heavy atom. The normalized spacial score (nSPS) is 9.81. The van der Waals surface area contributed by atoms with E-state index in [4.69, 9.17) is 12.2 Å². The summed E-state index contributed by atoms with van der Waals surface area (Å²) in [6.45, 7) is 2.02. The van der Waals surface area contributed by atoms with Crippen LogP contribution in [-0.2, 0) is 6.54 Å². The van der Waals surface area contributed by atoms with Gasteiger partial charge in [0.05, 0.1) is 5.69 Å². The predicted molar refractivity (Wildman–Crippen MR) is 67.3 cm³/mol. The Bertz CT molecular complexity index is 345. The number of hydrogen-bond donors (Lipinski definition) is 4. The zero-order valence-corrected chi connectivity index (χ0v) is 9.97. The van der Waals surface area contributed by atoms with Crippen LogP contribution >= 0.6 is 12.2 Å². The summed E-state index contributed by atoms with van der Waals surface area (Å²) in [7, 11) is 1.77. The van der Waals surface area contributed by atoms with Crippen molar-refractivity contribution >= 4 is 17.3 Å². The van der Waals surface area contributed by atoms with Gasteiger partial charge in [0.1, 0.15) is 5.75 Å². The molecule has 0 saturated heterocycles. The molecular weight excluding hydrogens is 224 g/mol. The van der Waals surface area contributed by atoms with Crippen molar-refractivity contribution in [3.05, 3.63) is 24.0 Å². The van der Waals surface area contributed by atoms with Gasteiger partial charge < -0.3 is 21.1 Å². The molecule has 1 rings (SSSR count). The van der Waals surface area contributed by atoms with Crippen LogP contribution in [0.2, 0.25) is 0 Å². The van der Waals surface area contributed by atoms with Crippen LogP contribution in [0.4, 0.5) is 0 Å². The third-order valence-corrected chi connectivity index (χ3v) is 2.32. The summed E-state index contributed by atoms with van der Waals surface area (Å²) in [6, 6.07) is 3.32. The average Bonchev–Trinajstić information content (AvgIpc) is 2.30. The first kappa shape index (κ1) is 12.7. The van der Waals surface area contributed by atoms with Gasteiger partial charge in [-0.05, 0) is 24.4 Å². The second-order valence-electron chi connectivity index (χ2n) is 3.15. The van der Waals surface area contributed by atoms with Gasteiger partial charge in [-0.1, -0.05) is 0 Å². The van der Waals surface area contributed by atoms with Crippen molar-refractivity contribution in [1.29, 1.82) is 0 Å². The van der Waals surface area contributed by atoms with E-state index in [9.17, 15) is 5.11 Å². The lowest BCUT2D eigenvalue weighted by Crippen LogP contribution is -2.37. The first-order chi connectivity index (χ1) is 7.74. The van der Waals surface area contributed by atoms with Gasteiger partial charge >= 0.3 is 0 Å². The van der Waals surface area contributed by atoms with E-state index < -0.39 is 0 Å². The highest BCUT2D eigenvalue weighted by atomic mass is 32.1. The minimum Gasteiger partial charge on any atom is -0.506 e. The quantitative estimate of drug-likeness (QED) is 0.428. The van der Waals surface area contributed by atoms with Gasteiger partial charge in [-0.15, -0.1) is 0 Å². The van der Waals surface area contributed by atoms with Crippen molar-refractivity contribution in [2.45, 2.75) is 6.54 Å². The third-order valence-electron chi connectivity index (χ3n) is 1.97. The van der Waals surface area contributed by atoms with Crippen LogP contribution in [0.15, 0.2) is 18.3 Å². The average molecular weight is 240 g/mol. The fourth-order valence-corrected chi connectivity index (χ4v) is 1.23. The molecule has 4 N–H and O–H groups in total. The van der Waals surface area contributed by atoms with Crippen LogP contribution in [0.25, 0.3) is 0 Å². The number of pyridine rings is 1. The smallest absolute Gasteiger partial charge is 0.166 e. The number of thiocarbonyl (C=S) groups is 1. The third kappa shape index (κ3) is 4.41. The predicted octanol–water partition coefficient (Wildman–Crippen LogP) is -0.0293. The van der Waals surface area contributed by atoms with Crippen molar-refractivity contribution in [1.82, 2.24) is 20.9 Å². The van der Waals surface area contributed by atoms with Crippen molar-refractivity contribution < 1.29 is 5.11 Å². The Morgan fingerprint density at radius 2 is 2.31 bits per heavy atom. The van der Waals surface area contributed by atoms with E-state index in [1.165, 1.54) is 0 Å². The van der Waals surface area contributed by atoms with Gasteiger partial charge in [-0.3, -0.25) is 4.98 Å². The molecule has 0 aliphatic rings. The van der Waals surface area contributed by atoms with E-state index in [2.05, 4.69) is 20.9 Å². The lowest BCUT2D eigenvalue weighted by Gasteiger charge is -2.08. The highest BCUT2D eigenvalue weighted by Crippen LogP contribution is 2.11. The maximum Gasteiger partial charge on any atom is 0.166 e. The van der Waals surface area contributed by atoms with Crippen molar-refractivity contribution in [2.24, 2.45) is 0 Å². The lowest BCUT2D eigenvalue weighted by atomic mass is 10.3. The SMILES string of the molecule is CNC(=S)NCCNCc1ncccc1O. The van der Waals surface area contributed by atoms with Crippen LogP contribution in [0.1, 0.15) is 5.69 Å². The Balaban J connectivity index is 2.17. The van der Waals surface area contributed by atoms with Crippen LogP contribution in [0, 0.1) is 0 Å². The molecule has 5 nitrogen and oxygen atoms in total. The van der Waals surface area contributed by atoms with Gasteiger partial charge in [-0.25, -0.2) is 0 Å². The fourth-order valence-electron chi connectivity index (χ4n) is 1.13. The molecule has 0 atom stereocenters. The molecule has 1 aromatic rings. The van der Waals surface area contributed by atoms with E-state index in [0.29, 0.717) is 17.4 Å². The Kier molecular flexibility index (Phi) is 5.52. The number of aromatic hydroxyl groups is 1. The second kappa shape index (κ2) is 6.97. The van der Waals surface area contributed by atoms with Gasteiger partial charge in [0.25, 0.3) is 0 Å². The largest absolute Gasteiger partial charge is 0.506 e. The number of nitrogens with one attached hydrogen (secondary N) is 3. The molecule has 16 heavy (non-hydrogen) atoms. The molecule has 0 aliphatic carbocycles. The molecule has 0 radical (unpaired) electrons. The lowest BCUT2D eigenvalue weighted by molar-refractivity contribution is 0.459. The minimum absolute atomic E-state index is 0.216. The van der Waals surface area contributed by atoms with Gasteiger partial charge in [-0.2, -0.15) is 0 Å². The molecule has 1 heterocycles. The zero-order chi connectivity index (χ0) is 11.8. The number of aromatic nitrogens is 1. The molecule has 0 saturated carbocycles. The van der Waals surface area contributed by atoms with E-state index >= 15 is 0 Å². The molecule has 88 valence electrons. The summed E-state index contributed by atoms with van der Waals surface area (Å²) in [5, 5.41) is 19.1. The van der Waals surface area contributed by atoms with Gasteiger partial charge in [0.15, 0.2) is 5.11 Å². The summed E-state index contributed by atoms with van der Waals surface area (Å²) in [5.74, 6) is 0.216. The number of nitrogens with zero attached hydrogens (tertiary/aromatic N) is 1. The maximum absolute atomic E-state index is 9.44. The van der Waals surface area contributed by atoms with Gasteiger partial charge in [0, 0.05) is 32.9 Å². The van der Waals surface area contributed by atoms with Gasteiger partial charge in [0.2, 0.25) is 0 Å². The van der Waals surface area contributed by atoms with E-state index in [-0.39, 0.29) is 5.75 Å². The second-order valence-corrected chi connectivity index (χ2v) is 3.56. The van der Waals surface area contributed by atoms with E-state index in [1.807, 2.05) is 0 Å². The molecule has 0 aliphatic heterocycles. The fraction of sp³-hybridized carbons (Fsp3) is 0.400. The first-order valence-electron chi connectivity index (χ1n) is 5.03. The van der Waals surface area contributed by atoms with Crippen LogP contribution in [0.5, 0.6) is 5.75 Å². The Hall–Kier alpha value is -1.40. The Labute approximate surface area is 100 Å². The molecule has 0 unspecified atom stereocenters. The van der Waals surface area contributed by atoms with E-state index in [1.54, 1.807) is 25.4 Å². The molecule has 0 fully saturated rings. The van der Waals surface area contributed by atoms with Crippen LogP contribution in [0.3, 0.4) is 0 Å². The van der Waals surface area contributed by atoms with Crippen molar-refractivity contribution in [2.75, 3.05) is 20.1 Å². The highest BCUT2D eigenvalue weighted by Gasteiger charge is 1.99. The molecule has 0 bridgehead atoms. The van der Waals surface area contributed by atoms with E-state index in [0.717, 1.165) is 13.1 Å². The minimum atomic E-state index is 0.216. The molecule has 6 heteroatoms. The standard InChI is InChI=1S/C10H16N4OS/c1-11-10(16)14-6-5-12-7-8-9(15)3-2-4-13-8/h2-4,12,15H,5-7H2,1H3,(H2,11,14,16). The van der Waals surface area contributed by atoms with Crippen molar-refractivity contribution in [3.8, 4) is 5.75 Å². The highest BCUT2D eigenvalue weighted by molar-refractivity contribution is 7.80. The molecule has 0 amide bonds. The summed E-state index contributed by atoms with van der Waals surface area (Å²) in [4.78, 5) is 4.06. The van der Waals surface area contributed by atoms with Crippen molar-refractivity contribution in [3.63, 3.8) is 0 Å². The number of rotatable bonds is 5. The zero-order valence-electron chi connectivity index (χ0n) is 9.16. The first-order valence-corrected chi connectivity index (χ1v) is 5.44. The maximum atomic E-state index is 9.44. The number of hydrogen-bond acceptors (Lipinski definition) is 4. The van der Waals surface area contributed by atoms with Crippen LogP contribution in [-0.4, -0.2) is 35.3 Å². The molecular formula is C10H16N4OS. The summed E-state index contributed by atoms with van der Waals surface area (Å²) in [5.41, 5.74) is 0.652. The molecule has 0 spiro atoms. The summed E-state index contributed by atoms with van der Waals surface area (Å²) in [6.07, 6.45) is 1.66. The summed E-state index contributed by atoms with van der Waals surface area (Å²) < 4.78 is 0. The van der Waals surface area contributed by atoms with Crippen LogP contribution < -0.4 is 16.0 Å². The molecule has 0 aromatic carbocycles. The topological polar surface area (TPSA) is 69.2 Å². The Morgan fingerprint density at radius 3 is 3.00 bits per heavy atom. The monoisotopic (exact) mass is 240 g/mol. The molecule has 1 aromatic heterocycles. The summed E-state index contributed by atoms with van der Waals surface area (Å²) >= 11 is 4.92.